The number of hydrogen-bond acceptors (Lipinski definition) is 0. The van der Waals surface area contributed by atoms with Crippen LogP contribution in [0.4, 0.5) is 0 Å². The molecule has 0 bridgehead atoms. The zero-order valence-electron chi connectivity index (χ0n) is 13.9. The predicted molar refractivity (Wildman–Crippen MR) is 97.0 cm³/mol. The van der Waals surface area contributed by atoms with Crippen LogP contribution in [0.5, 0.6) is 0 Å². The van der Waals surface area contributed by atoms with Crippen LogP contribution in [0.1, 0.15) is 52.7 Å². The molecule has 0 N–H and O–H groups in total. The number of halogens is 1. The van der Waals surface area contributed by atoms with Crippen LogP contribution in [0.3, 0.4) is 0 Å². The molecule has 0 unspecified atom stereocenters. The van der Waals surface area contributed by atoms with Crippen molar-refractivity contribution < 1.29 is 0 Å². The minimum atomic E-state index is 0.150. The maximum atomic E-state index is 3.68. The quantitative estimate of drug-likeness (QED) is 0.539. The van der Waals surface area contributed by atoms with Crippen LogP contribution in [0, 0.1) is 0 Å². The summed E-state index contributed by atoms with van der Waals surface area (Å²) in [4.78, 5) is 0. The molecule has 1 heteroatoms. The topological polar surface area (TPSA) is 0 Å². The summed E-state index contributed by atoms with van der Waals surface area (Å²) in [5.74, 6) is 0. The highest BCUT2D eigenvalue weighted by atomic mass is 79.9. The molecule has 0 saturated heterocycles. The lowest BCUT2D eigenvalue weighted by Crippen LogP contribution is -2.16. The van der Waals surface area contributed by atoms with Gasteiger partial charge in [0.05, 0.1) is 0 Å². The second-order valence-corrected chi connectivity index (χ2v) is 8.63. The molecule has 21 heavy (non-hydrogen) atoms. The van der Waals surface area contributed by atoms with Crippen LogP contribution in [0.25, 0.3) is 11.1 Å². The molecular weight excluding hydrogens is 320 g/mol. The Morgan fingerprint density at radius 2 is 1.19 bits per heavy atom. The molecule has 2 aromatic carbocycles. The van der Waals surface area contributed by atoms with E-state index < -0.39 is 0 Å². The number of hydrogen-bond donors (Lipinski definition) is 0. The van der Waals surface area contributed by atoms with E-state index in [4.69, 9.17) is 0 Å². The summed E-state index contributed by atoms with van der Waals surface area (Å²) in [6.07, 6.45) is 0. The number of benzene rings is 2. The SMILES string of the molecule is CC(C)(C)c1cc(-c2ccccc2Br)cc(C(C)(C)C)c1. The first kappa shape index (κ1) is 16.3. The van der Waals surface area contributed by atoms with Crippen LogP contribution in [0.2, 0.25) is 0 Å². The van der Waals surface area contributed by atoms with Gasteiger partial charge < -0.3 is 0 Å². The summed E-state index contributed by atoms with van der Waals surface area (Å²) >= 11 is 3.68. The smallest absolute Gasteiger partial charge is 0.0253 e. The van der Waals surface area contributed by atoms with Crippen molar-refractivity contribution in [3.63, 3.8) is 0 Å². The van der Waals surface area contributed by atoms with Crippen LogP contribution in [-0.2, 0) is 10.8 Å². The van der Waals surface area contributed by atoms with Crippen molar-refractivity contribution in [1.82, 2.24) is 0 Å². The maximum Gasteiger partial charge on any atom is 0.0253 e. The second kappa shape index (κ2) is 5.61. The largest absolute Gasteiger partial charge is 0.0616 e. The third kappa shape index (κ3) is 3.77. The lowest BCUT2D eigenvalue weighted by Gasteiger charge is -2.26. The molecule has 0 aliphatic carbocycles. The first-order valence-electron chi connectivity index (χ1n) is 7.50. The highest BCUT2D eigenvalue weighted by molar-refractivity contribution is 9.10. The minimum absolute atomic E-state index is 0.150. The van der Waals surface area contributed by atoms with E-state index in [1.165, 1.54) is 22.3 Å². The standard InChI is InChI=1S/C20H25Br/c1-19(2,3)15-11-14(12-16(13-15)20(4,5)6)17-9-7-8-10-18(17)21/h7-13H,1-6H3. The summed E-state index contributed by atoms with van der Waals surface area (Å²) in [5.41, 5.74) is 5.63. The summed E-state index contributed by atoms with van der Waals surface area (Å²) in [7, 11) is 0. The third-order valence-electron chi connectivity index (χ3n) is 3.85. The van der Waals surface area contributed by atoms with Gasteiger partial charge in [-0.1, -0.05) is 93.9 Å². The molecule has 0 aliphatic heterocycles. The second-order valence-electron chi connectivity index (χ2n) is 7.78. The highest BCUT2D eigenvalue weighted by Crippen LogP contribution is 2.36. The van der Waals surface area contributed by atoms with Crippen LogP contribution in [0.15, 0.2) is 46.9 Å². The van der Waals surface area contributed by atoms with Gasteiger partial charge in [-0.15, -0.1) is 0 Å². The fourth-order valence-corrected chi connectivity index (χ4v) is 2.86. The maximum absolute atomic E-state index is 3.68. The Morgan fingerprint density at radius 3 is 1.62 bits per heavy atom. The van der Waals surface area contributed by atoms with E-state index in [2.05, 4.69) is 99.9 Å². The van der Waals surface area contributed by atoms with Gasteiger partial charge in [-0.25, -0.2) is 0 Å². The summed E-state index contributed by atoms with van der Waals surface area (Å²) in [6, 6.07) is 15.5. The molecule has 2 aromatic rings. The Labute approximate surface area is 137 Å². The minimum Gasteiger partial charge on any atom is -0.0616 e. The van der Waals surface area contributed by atoms with E-state index >= 15 is 0 Å². The average Bonchev–Trinajstić information content (AvgIpc) is 2.36. The molecule has 0 aromatic heterocycles. The van der Waals surface area contributed by atoms with Crippen molar-refractivity contribution in [3.8, 4) is 11.1 Å². The van der Waals surface area contributed by atoms with Crippen LogP contribution in [-0.4, -0.2) is 0 Å². The van der Waals surface area contributed by atoms with Crippen molar-refractivity contribution >= 4 is 15.9 Å². The first-order valence-corrected chi connectivity index (χ1v) is 8.29. The van der Waals surface area contributed by atoms with E-state index in [1.54, 1.807) is 0 Å². The van der Waals surface area contributed by atoms with Crippen molar-refractivity contribution in [1.29, 1.82) is 0 Å². The van der Waals surface area contributed by atoms with Gasteiger partial charge in [0.25, 0.3) is 0 Å². The van der Waals surface area contributed by atoms with E-state index in [-0.39, 0.29) is 10.8 Å². The lowest BCUT2D eigenvalue weighted by molar-refractivity contribution is 0.569. The predicted octanol–water partition coefficient (Wildman–Crippen LogP) is 6.71. The lowest BCUT2D eigenvalue weighted by atomic mass is 9.79. The van der Waals surface area contributed by atoms with Gasteiger partial charge in [0.2, 0.25) is 0 Å². The summed E-state index contributed by atoms with van der Waals surface area (Å²) < 4.78 is 1.15. The summed E-state index contributed by atoms with van der Waals surface area (Å²) in [6.45, 7) is 13.7. The van der Waals surface area contributed by atoms with E-state index in [0.29, 0.717) is 0 Å². The van der Waals surface area contributed by atoms with Gasteiger partial charge in [-0.2, -0.15) is 0 Å². The van der Waals surface area contributed by atoms with E-state index in [0.717, 1.165) is 4.47 Å². The zero-order chi connectivity index (χ0) is 15.8. The van der Waals surface area contributed by atoms with Crippen molar-refractivity contribution in [2.24, 2.45) is 0 Å². The molecule has 0 aliphatic rings. The zero-order valence-corrected chi connectivity index (χ0v) is 15.5. The Balaban J connectivity index is 2.70. The fraction of sp³-hybridized carbons (Fsp3) is 0.400. The molecule has 0 fully saturated rings. The third-order valence-corrected chi connectivity index (χ3v) is 4.54. The fourth-order valence-electron chi connectivity index (χ4n) is 2.34. The Kier molecular flexibility index (Phi) is 4.35. The Hall–Kier alpha value is -1.08. The monoisotopic (exact) mass is 344 g/mol. The molecule has 0 saturated carbocycles. The van der Waals surface area contributed by atoms with Crippen LogP contribution < -0.4 is 0 Å². The average molecular weight is 345 g/mol. The van der Waals surface area contributed by atoms with Crippen molar-refractivity contribution in [2.75, 3.05) is 0 Å². The molecule has 0 heterocycles. The molecule has 0 radical (unpaired) electrons. The van der Waals surface area contributed by atoms with Crippen molar-refractivity contribution in [3.05, 3.63) is 58.1 Å². The van der Waals surface area contributed by atoms with Gasteiger partial charge >= 0.3 is 0 Å². The first-order chi connectivity index (χ1) is 9.59. The molecule has 0 nitrogen and oxygen atoms in total. The molecule has 112 valence electrons. The normalized spacial score (nSPS) is 12.5. The van der Waals surface area contributed by atoms with Gasteiger partial charge in [-0.05, 0) is 39.2 Å². The molecule has 2 rings (SSSR count). The van der Waals surface area contributed by atoms with Gasteiger partial charge in [0.1, 0.15) is 0 Å². The highest BCUT2D eigenvalue weighted by Gasteiger charge is 2.21. The molecule has 0 atom stereocenters. The Bertz CT molecular complexity index is 607. The van der Waals surface area contributed by atoms with E-state index in [9.17, 15) is 0 Å². The molecule has 0 spiro atoms. The van der Waals surface area contributed by atoms with Gasteiger partial charge in [0, 0.05) is 4.47 Å². The van der Waals surface area contributed by atoms with Crippen molar-refractivity contribution in [2.45, 2.75) is 52.4 Å². The molecule has 0 amide bonds. The van der Waals surface area contributed by atoms with Gasteiger partial charge in [0.15, 0.2) is 0 Å². The summed E-state index contributed by atoms with van der Waals surface area (Å²) in [5, 5.41) is 0. The van der Waals surface area contributed by atoms with E-state index in [1.807, 2.05) is 0 Å². The molecular formula is C20H25Br. The number of rotatable bonds is 1. The van der Waals surface area contributed by atoms with Gasteiger partial charge in [-0.3, -0.25) is 0 Å². The Morgan fingerprint density at radius 1 is 0.714 bits per heavy atom. The van der Waals surface area contributed by atoms with Crippen LogP contribution >= 0.6 is 15.9 Å².